The highest BCUT2D eigenvalue weighted by atomic mass is 19.4. The first-order valence-corrected chi connectivity index (χ1v) is 5.61. The van der Waals surface area contributed by atoms with Gasteiger partial charge in [-0.15, -0.1) is 0 Å². The van der Waals surface area contributed by atoms with Gasteiger partial charge >= 0.3 is 6.18 Å². The van der Waals surface area contributed by atoms with Crippen LogP contribution in [0.2, 0.25) is 0 Å². The van der Waals surface area contributed by atoms with Gasteiger partial charge in [0.15, 0.2) is 0 Å². The molecule has 1 unspecified atom stereocenters. The fraction of sp³-hybridized carbons (Fsp3) is 0.538. The second-order valence-corrected chi connectivity index (χ2v) is 4.64. The number of benzene rings is 1. The molecule has 2 nitrogen and oxygen atoms in total. The summed E-state index contributed by atoms with van der Waals surface area (Å²) >= 11 is 0. The van der Waals surface area contributed by atoms with E-state index >= 15 is 0 Å². The van der Waals surface area contributed by atoms with Crippen molar-refractivity contribution in [1.82, 2.24) is 5.32 Å². The van der Waals surface area contributed by atoms with Crippen molar-refractivity contribution in [1.29, 1.82) is 0 Å². The molecular weight excluding hydrogens is 243 g/mol. The molecule has 0 bridgehead atoms. The highest BCUT2D eigenvalue weighted by molar-refractivity contribution is 5.43. The van der Waals surface area contributed by atoms with Gasteiger partial charge in [0.2, 0.25) is 0 Å². The smallest absolute Gasteiger partial charge is 0.368 e. The van der Waals surface area contributed by atoms with E-state index in [1.54, 1.807) is 0 Å². The van der Waals surface area contributed by atoms with Gasteiger partial charge in [-0.1, -0.05) is 6.07 Å². The molecule has 3 rings (SSSR count). The lowest BCUT2D eigenvalue weighted by Crippen LogP contribution is -2.33. The molecule has 0 aromatic heterocycles. The van der Waals surface area contributed by atoms with Crippen LogP contribution in [0.1, 0.15) is 41.0 Å². The summed E-state index contributed by atoms with van der Waals surface area (Å²) in [5, 5.41) is 2.17. The number of hydrogen-bond donors (Lipinski definition) is 1. The van der Waals surface area contributed by atoms with Crippen molar-refractivity contribution in [2.75, 3.05) is 13.6 Å². The highest BCUT2D eigenvalue weighted by Gasteiger charge is 2.51. The molecule has 2 aliphatic rings. The van der Waals surface area contributed by atoms with Crippen molar-refractivity contribution < 1.29 is 23.4 Å². The van der Waals surface area contributed by atoms with Gasteiger partial charge < -0.3 is 10.1 Å². The Morgan fingerprint density at radius 3 is 2.89 bits per heavy atom. The van der Waals surface area contributed by atoms with Crippen LogP contribution in [0.3, 0.4) is 0 Å². The zero-order chi connectivity index (χ0) is 16.4. The van der Waals surface area contributed by atoms with Crippen molar-refractivity contribution in [3.63, 3.8) is 0 Å². The van der Waals surface area contributed by atoms with Crippen LogP contribution in [-0.2, 0) is 16.5 Å². The number of likely N-dealkylation sites (N-methyl/N-ethyl adjacent to an activating group) is 1. The predicted octanol–water partition coefficient (Wildman–Crippen LogP) is 2.99. The minimum atomic E-state index is -4.50. The monoisotopic (exact) mass is 261 g/mol. The quantitative estimate of drug-likeness (QED) is 0.839. The number of rotatable bonds is 1. The molecule has 1 aromatic carbocycles. The van der Waals surface area contributed by atoms with Crippen LogP contribution in [0.4, 0.5) is 13.2 Å². The molecule has 18 heavy (non-hydrogen) atoms. The normalized spacial score (nSPS) is 33.1. The minimum Gasteiger partial charge on any atom is -0.368 e. The molecule has 1 atom stereocenters. The molecule has 98 valence electrons. The summed E-state index contributed by atoms with van der Waals surface area (Å²) in [5.74, 6) is 0. The van der Waals surface area contributed by atoms with Crippen molar-refractivity contribution in [2.24, 2.45) is 0 Å². The summed E-state index contributed by atoms with van der Waals surface area (Å²) < 4.78 is 74.3. The molecule has 1 aromatic rings. The second-order valence-electron chi connectivity index (χ2n) is 4.64. The first-order valence-electron chi connectivity index (χ1n) is 7.61. The Kier molecular flexibility index (Phi) is 1.68. The van der Waals surface area contributed by atoms with E-state index < -0.39 is 30.3 Å². The fourth-order valence-corrected chi connectivity index (χ4v) is 2.36. The molecule has 0 radical (unpaired) electrons. The highest BCUT2D eigenvalue weighted by Crippen LogP contribution is 2.54. The van der Waals surface area contributed by atoms with Crippen LogP contribution < -0.4 is 5.32 Å². The maximum absolute atomic E-state index is 12.9. The molecule has 1 N–H and O–H groups in total. The van der Waals surface area contributed by atoms with E-state index in [1.165, 1.54) is 6.07 Å². The molecular formula is C13H14F3NO. The van der Waals surface area contributed by atoms with E-state index in [9.17, 15) is 13.2 Å². The van der Waals surface area contributed by atoms with Gasteiger partial charge in [-0.05, 0) is 43.1 Å². The Balaban J connectivity index is 2.09. The zero-order valence-electron chi connectivity index (χ0n) is 13.4. The van der Waals surface area contributed by atoms with E-state index in [0.29, 0.717) is 12.8 Å². The Morgan fingerprint density at radius 2 is 2.28 bits per heavy atom. The van der Waals surface area contributed by atoms with E-state index in [4.69, 9.17) is 10.2 Å². The van der Waals surface area contributed by atoms with Crippen molar-refractivity contribution in [3.05, 3.63) is 34.9 Å². The molecule has 0 saturated heterocycles. The number of halogens is 3. The summed E-state index contributed by atoms with van der Waals surface area (Å²) in [6.45, 7) is -2.82. The van der Waals surface area contributed by atoms with Gasteiger partial charge in [-0.3, -0.25) is 0 Å². The SMILES string of the molecule is [2H]C([2H])([2H])NC1([2H])COC2(CC2)c2cc(C(F)(F)F)ccc21. The van der Waals surface area contributed by atoms with Gasteiger partial charge in [0.25, 0.3) is 0 Å². The number of nitrogens with one attached hydrogen (secondary N) is 1. The summed E-state index contributed by atoms with van der Waals surface area (Å²) in [6.07, 6.45) is -3.35. The van der Waals surface area contributed by atoms with Gasteiger partial charge in [0.05, 0.1) is 25.2 Å². The first-order chi connectivity index (χ1) is 9.95. The topological polar surface area (TPSA) is 21.3 Å². The summed E-state index contributed by atoms with van der Waals surface area (Å²) in [4.78, 5) is 0. The number of hydrogen-bond acceptors (Lipinski definition) is 2. The molecule has 1 fully saturated rings. The van der Waals surface area contributed by atoms with E-state index in [0.717, 1.165) is 12.1 Å². The molecule has 0 amide bonds. The maximum Gasteiger partial charge on any atom is 0.416 e. The largest absolute Gasteiger partial charge is 0.416 e. The van der Waals surface area contributed by atoms with Crippen molar-refractivity contribution in [3.8, 4) is 0 Å². The Labute approximate surface area is 109 Å². The molecule has 5 heteroatoms. The molecule has 1 heterocycles. The minimum absolute atomic E-state index is 0.218. The van der Waals surface area contributed by atoms with Crippen LogP contribution in [0.5, 0.6) is 0 Å². The maximum atomic E-state index is 12.9. The second kappa shape index (κ2) is 3.71. The van der Waals surface area contributed by atoms with E-state index in [-0.39, 0.29) is 17.7 Å². The summed E-state index contributed by atoms with van der Waals surface area (Å²) in [5.41, 5.74) is -1.11. The third-order valence-electron chi connectivity index (χ3n) is 3.51. The first kappa shape index (κ1) is 8.17. The van der Waals surface area contributed by atoms with Gasteiger partial charge in [0, 0.05) is 4.11 Å². The van der Waals surface area contributed by atoms with Crippen molar-refractivity contribution >= 4 is 0 Å². The summed E-state index contributed by atoms with van der Waals surface area (Å²) in [6, 6.07) is 1.25. The Morgan fingerprint density at radius 1 is 1.50 bits per heavy atom. The number of fused-ring (bicyclic) bond motifs is 2. The van der Waals surface area contributed by atoms with Crippen LogP contribution in [0, 0.1) is 0 Å². The number of ether oxygens (including phenoxy) is 1. The van der Waals surface area contributed by atoms with Crippen LogP contribution in [0.15, 0.2) is 18.2 Å². The molecule has 1 spiro atoms. The lowest BCUT2D eigenvalue weighted by atomic mass is 9.91. The molecule has 1 aliphatic heterocycles. The standard InChI is InChI=1S/C13H14F3NO/c1-17-11-7-18-12(4-5-12)10-6-8(13(14,15)16)2-3-9(10)11/h2-3,6,11,17H,4-5,7H2,1H3/i1D3,11D. The third kappa shape index (κ3) is 1.73. The average Bonchev–Trinajstić information content (AvgIpc) is 3.12. The van der Waals surface area contributed by atoms with E-state index in [1.807, 2.05) is 0 Å². The van der Waals surface area contributed by atoms with Crippen LogP contribution >= 0.6 is 0 Å². The number of alkyl halides is 3. The lowest BCUT2D eigenvalue weighted by Gasteiger charge is -2.32. The van der Waals surface area contributed by atoms with Gasteiger partial charge in [-0.2, -0.15) is 13.2 Å². The lowest BCUT2D eigenvalue weighted by molar-refractivity contribution is -0.137. The Hall–Kier alpha value is -1.07. The molecule has 1 saturated carbocycles. The Bertz CT molecular complexity index is 612. The predicted molar refractivity (Wildman–Crippen MR) is 60.1 cm³/mol. The average molecular weight is 261 g/mol. The fourth-order valence-electron chi connectivity index (χ4n) is 2.36. The van der Waals surface area contributed by atoms with Gasteiger partial charge in [0.1, 0.15) is 0 Å². The van der Waals surface area contributed by atoms with Gasteiger partial charge in [-0.25, -0.2) is 0 Å². The molecule has 1 aliphatic carbocycles. The summed E-state index contributed by atoms with van der Waals surface area (Å²) in [7, 11) is 0. The third-order valence-corrected chi connectivity index (χ3v) is 3.51. The van der Waals surface area contributed by atoms with E-state index in [2.05, 4.69) is 5.32 Å². The van der Waals surface area contributed by atoms with Crippen LogP contribution in [-0.4, -0.2) is 13.6 Å². The zero-order valence-corrected chi connectivity index (χ0v) is 9.40. The van der Waals surface area contributed by atoms with Crippen LogP contribution in [0.25, 0.3) is 0 Å². The van der Waals surface area contributed by atoms with Crippen molar-refractivity contribution in [2.45, 2.75) is 30.6 Å².